The second kappa shape index (κ2) is 17.9. The monoisotopic (exact) mass is 864 g/mol. The lowest BCUT2D eigenvalue weighted by molar-refractivity contribution is -0.136. The predicted octanol–water partition coefficient (Wildman–Crippen LogP) is 4.09. The maximum absolute atomic E-state index is 13.6. The first kappa shape index (κ1) is 42.2. The Kier molecular flexibility index (Phi) is 11.8. The molecule has 18 nitrogen and oxygen atoms in total. The first-order valence-electron chi connectivity index (χ1n) is 21.9. The number of aryl methyl sites for hydroxylation is 2. The summed E-state index contributed by atoms with van der Waals surface area (Å²) in [6.45, 7) is 7.95. The Morgan fingerprint density at radius 3 is 2.50 bits per heavy atom. The van der Waals surface area contributed by atoms with Crippen LogP contribution in [0.2, 0.25) is 0 Å². The summed E-state index contributed by atoms with van der Waals surface area (Å²) in [5.41, 5.74) is 3.84. The van der Waals surface area contributed by atoms with E-state index in [2.05, 4.69) is 52.6 Å². The fourth-order valence-corrected chi connectivity index (χ4v) is 9.25. The van der Waals surface area contributed by atoms with E-state index in [0.717, 1.165) is 81.0 Å². The molecule has 328 valence electrons. The normalized spacial score (nSPS) is 18.1. The summed E-state index contributed by atoms with van der Waals surface area (Å²) < 4.78 is 3.55. The van der Waals surface area contributed by atoms with E-state index in [9.17, 15) is 28.8 Å². The van der Waals surface area contributed by atoms with Gasteiger partial charge in [0, 0.05) is 81.5 Å². The largest absolute Gasteiger partial charge is 0.368 e. The van der Waals surface area contributed by atoms with Gasteiger partial charge in [-0.05, 0) is 75.8 Å². The highest BCUT2D eigenvalue weighted by Crippen LogP contribution is 2.33. The molecular formula is C46H48N12O6. The van der Waals surface area contributed by atoms with E-state index in [1.807, 2.05) is 29.2 Å². The van der Waals surface area contributed by atoms with Crippen LogP contribution < -0.4 is 21.1 Å². The van der Waals surface area contributed by atoms with Gasteiger partial charge in [0.2, 0.25) is 17.8 Å². The van der Waals surface area contributed by atoms with E-state index >= 15 is 0 Å². The van der Waals surface area contributed by atoms with Crippen LogP contribution in [0.3, 0.4) is 0 Å². The fourth-order valence-electron chi connectivity index (χ4n) is 9.25. The van der Waals surface area contributed by atoms with Crippen LogP contribution in [-0.2, 0) is 22.7 Å². The SMILES string of the molecule is CC(=O)c1c(C)c2cnc(Nc3ccc(N4CCN(Cc5cn(CCCCC#Cc6cccc7c6C(=O)N(C6CCC(=O)NC6=O)C7=O)nn5)CC4)cn3)nc2n(C2CCCC2)c1=O. The van der Waals surface area contributed by atoms with Crippen molar-refractivity contribution in [1.82, 2.24) is 49.6 Å². The lowest BCUT2D eigenvalue weighted by Gasteiger charge is -2.35. The molecule has 4 aromatic heterocycles. The van der Waals surface area contributed by atoms with Crippen LogP contribution in [0.4, 0.5) is 17.5 Å². The molecule has 1 aromatic carbocycles. The van der Waals surface area contributed by atoms with Crippen molar-refractivity contribution in [3.63, 3.8) is 0 Å². The number of carbonyl (C=O) groups is 5. The maximum atomic E-state index is 13.6. The third-order valence-corrected chi connectivity index (χ3v) is 12.6. The molecule has 0 bridgehead atoms. The van der Waals surface area contributed by atoms with Crippen LogP contribution in [0.1, 0.15) is 119 Å². The smallest absolute Gasteiger partial charge is 0.263 e. The van der Waals surface area contributed by atoms with Crippen LogP contribution in [-0.4, -0.2) is 106 Å². The number of nitrogens with zero attached hydrogens (tertiary/aromatic N) is 10. The van der Waals surface area contributed by atoms with Crippen molar-refractivity contribution >= 4 is 57.9 Å². The van der Waals surface area contributed by atoms with E-state index in [4.69, 9.17) is 4.98 Å². The number of anilines is 3. The molecule has 1 aliphatic carbocycles. The zero-order valence-corrected chi connectivity index (χ0v) is 35.8. The molecule has 7 heterocycles. The Balaban J connectivity index is 0.734. The Morgan fingerprint density at radius 2 is 1.75 bits per heavy atom. The number of ketones is 1. The first-order chi connectivity index (χ1) is 31.0. The Bertz CT molecular complexity index is 2810. The summed E-state index contributed by atoms with van der Waals surface area (Å²) in [6, 6.07) is 7.84. The van der Waals surface area contributed by atoms with Gasteiger partial charge in [-0.1, -0.05) is 36.0 Å². The summed E-state index contributed by atoms with van der Waals surface area (Å²) >= 11 is 0. The molecule has 2 saturated heterocycles. The highest BCUT2D eigenvalue weighted by atomic mass is 16.2. The van der Waals surface area contributed by atoms with Crippen LogP contribution in [0.15, 0.2) is 53.7 Å². The van der Waals surface area contributed by atoms with Crippen molar-refractivity contribution in [3.05, 3.63) is 92.8 Å². The summed E-state index contributed by atoms with van der Waals surface area (Å²) in [6.07, 6.45) is 11.7. The Hall–Kier alpha value is -7.13. The van der Waals surface area contributed by atoms with Crippen LogP contribution in [0, 0.1) is 18.8 Å². The lowest BCUT2D eigenvalue weighted by atomic mass is 10.0. The molecule has 64 heavy (non-hydrogen) atoms. The molecule has 0 spiro atoms. The van der Waals surface area contributed by atoms with Gasteiger partial charge in [0.15, 0.2) is 5.78 Å². The van der Waals surface area contributed by atoms with Crippen molar-refractivity contribution in [2.45, 2.75) is 96.8 Å². The van der Waals surface area contributed by atoms with Crippen LogP contribution in [0.25, 0.3) is 11.0 Å². The van der Waals surface area contributed by atoms with Gasteiger partial charge in [-0.15, -0.1) is 5.10 Å². The van der Waals surface area contributed by atoms with Crippen LogP contribution in [0.5, 0.6) is 0 Å². The number of unbranched alkanes of at least 4 members (excludes halogenated alkanes) is 2. The summed E-state index contributed by atoms with van der Waals surface area (Å²) in [5, 5.41) is 14.9. The Labute approximate surface area is 368 Å². The summed E-state index contributed by atoms with van der Waals surface area (Å²) in [4.78, 5) is 96.1. The number of nitrogens with one attached hydrogen (secondary N) is 2. The third-order valence-electron chi connectivity index (χ3n) is 12.6. The molecule has 1 atom stereocenters. The number of rotatable bonds is 12. The molecule has 3 aliphatic heterocycles. The number of piperidine rings is 1. The minimum Gasteiger partial charge on any atom is -0.368 e. The van der Waals surface area contributed by atoms with Crippen molar-refractivity contribution in [1.29, 1.82) is 0 Å². The number of hydrogen-bond donors (Lipinski definition) is 2. The number of benzene rings is 1. The van der Waals surface area contributed by atoms with Gasteiger partial charge in [0.25, 0.3) is 17.4 Å². The number of Topliss-reactive ketones (excluding diaryl/α,β-unsaturated/α-hetero) is 1. The highest BCUT2D eigenvalue weighted by Gasteiger charge is 2.45. The quantitative estimate of drug-likeness (QED) is 0.0784. The minimum absolute atomic E-state index is 0.000298. The zero-order chi connectivity index (χ0) is 44.5. The van der Waals surface area contributed by atoms with Crippen LogP contribution >= 0.6 is 0 Å². The van der Waals surface area contributed by atoms with Crippen molar-refractivity contribution in [3.8, 4) is 11.8 Å². The fraction of sp³-hybridized carbons (Fsp3) is 0.413. The minimum atomic E-state index is -1.02. The van der Waals surface area contributed by atoms with Crippen molar-refractivity contribution in [2.75, 3.05) is 36.4 Å². The second-order valence-electron chi connectivity index (χ2n) is 16.8. The molecule has 4 aliphatic rings. The molecule has 0 radical (unpaired) electrons. The number of imide groups is 2. The van der Waals surface area contributed by atoms with Gasteiger partial charge in [-0.2, -0.15) is 4.98 Å². The van der Waals surface area contributed by atoms with E-state index < -0.39 is 29.7 Å². The first-order valence-corrected chi connectivity index (χ1v) is 21.9. The second-order valence-corrected chi connectivity index (χ2v) is 16.8. The molecule has 3 fully saturated rings. The number of piperazine rings is 1. The third kappa shape index (κ3) is 8.38. The van der Waals surface area contributed by atoms with Gasteiger partial charge in [0.05, 0.1) is 34.3 Å². The highest BCUT2D eigenvalue weighted by molar-refractivity contribution is 6.24. The number of carbonyl (C=O) groups excluding carboxylic acids is 5. The van der Waals surface area contributed by atoms with Gasteiger partial charge < -0.3 is 10.2 Å². The molecule has 1 unspecified atom stereocenters. The topological polar surface area (TPSA) is 211 Å². The van der Waals surface area contributed by atoms with Gasteiger partial charge >= 0.3 is 0 Å². The molecule has 1 saturated carbocycles. The summed E-state index contributed by atoms with van der Waals surface area (Å²) in [5.74, 6) is 4.68. The van der Waals surface area contributed by atoms with E-state index in [1.54, 1.807) is 35.9 Å². The van der Waals surface area contributed by atoms with E-state index in [1.165, 1.54) is 6.92 Å². The number of fused-ring (bicyclic) bond motifs is 2. The van der Waals surface area contributed by atoms with E-state index in [-0.39, 0.29) is 46.9 Å². The van der Waals surface area contributed by atoms with Crippen molar-refractivity contribution in [2.24, 2.45) is 0 Å². The maximum Gasteiger partial charge on any atom is 0.263 e. The van der Waals surface area contributed by atoms with Gasteiger partial charge in [-0.3, -0.25) is 53.1 Å². The van der Waals surface area contributed by atoms with E-state index in [0.29, 0.717) is 53.4 Å². The number of amides is 4. The lowest BCUT2D eigenvalue weighted by Crippen LogP contribution is -2.54. The predicted molar refractivity (Wildman–Crippen MR) is 235 cm³/mol. The summed E-state index contributed by atoms with van der Waals surface area (Å²) in [7, 11) is 0. The molecule has 18 heteroatoms. The molecule has 4 amide bonds. The molecule has 9 rings (SSSR count). The van der Waals surface area contributed by atoms with Gasteiger partial charge in [-0.25, -0.2) is 9.97 Å². The van der Waals surface area contributed by atoms with Crippen molar-refractivity contribution < 1.29 is 24.0 Å². The number of pyridine rings is 2. The number of aromatic nitrogens is 7. The average Bonchev–Trinajstić information content (AvgIpc) is 4.04. The number of hydrogen-bond acceptors (Lipinski definition) is 14. The van der Waals surface area contributed by atoms with Gasteiger partial charge in [0.1, 0.15) is 17.5 Å². The zero-order valence-electron chi connectivity index (χ0n) is 35.8. The average molecular weight is 865 g/mol. The molecular weight excluding hydrogens is 817 g/mol. The standard InChI is InChI=1S/C46H48N12O6/c1-28-35-25-48-46(51-41(35)57(32-12-6-7-13-32)44(63)39(28)29(2)59)49-37-17-15-33(24-47-37)55-22-20-54(21-23-55)26-31-27-56(53-52-31)19-8-4-3-5-10-30-11-9-14-34-40(30)45(64)58(43(34)62)36-16-18-38(60)50-42(36)61/h9,11,14-15,17,24-25,27,32,36H,3-4,6-8,12-13,16,18-23,26H2,1-2H3,(H,50,60,61)(H,47,48,49,51). The molecule has 5 aromatic rings. The molecule has 2 N–H and O–H groups in total. The Morgan fingerprint density at radius 1 is 0.938 bits per heavy atom.